The summed E-state index contributed by atoms with van der Waals surface area (Å²) in [5.74, 6) is -0.407. The molecular weight excluding hydrogens is 422 g/mol. The first kappa shape index (κ1) is 21.3. The molecule has 0 aliphatic heterocycles. The van der Waals surface area contributed by atoms with E-state index in [1.54, 1.807) is 30.6 Å². The Bertz CT molecular complexity index is 1240. The van der Waals surface area contributed by atoms with Gasteiger partial charge in [-0.15, -0.1) is 10.2 Å². The van der Waals surface area contributed by atoms with E-state index >= 15 is 0 Å². The lowest BCUT2D eigenvalue weighted by Gasteiger charge is -2.12. The minimum atomic E-state index is -0.289. The van der Waals surface area contributed by atoms with Crippen molar-refractivity contribution in [2.75, 3.05) is 16.4 Å². The SMILES string of the molecule is Cc1cccc(NC(=O)c2ccccc2NC(=O)CSc2nncn2-c2ccccc2)c1. The minimum Gasteiger partial charge on any atom is -0.325 e. The first-order valence-corrected chi connectivity index (χ1v) is 10.9. The molecule has 0 saturated heterocycles. The number of carbonyl (C=O) groups is 2. The van der Waals surface area contributed by atoms with Crippen LogP contribution < -0.4 is 10.6 Å². The number of para-hydroxylation sites is 2. The van der Waals surface area contributed by atoms with E-state index in [0.29, 0.717) is 22.1 Å². The van der Waals surface area contributed by atoms with Gasteiger partial charge in [-0.05, 0) is 48.9 Å². The fourth-order valence-corrected chi connectivity index (χ4v) is 3.85. The van der Waals surface area contributed by atoms with Gasteiger partial charge in [0.1, 0.15) is 6.33 Å². The first-order chi connectivity index (χ1) is 15.6. The third-order valence-electron chi connectivity index (χ3n) is 4.60. The van der Waals surface area contributed by atoms with Crippen molar-refractivity contribution in [2.45, 2.75) is 12.1 Å². The smallest absolute Gasteiger partial charge is 0.257 e. The molecule has 0 spiro atoms. The largest absolute Gasteiger partial charge is 0.325 e. The zero-order valence-corrected chi connectivity index (χ0v) is 18.2. The van der Waals surface area contributed by atoms with E-state index < -0.39 is 0 Å². The molecule has 0 radical (unpaired) electrons. The summed E-state index contributed by atoms with van der Waals surface area (Å²) in [6.07, 6.45) is 1.61. The van der Waals surface area contributed by atoms with Gasteiger partial charge in [0.05, 0.1) is 17.0 Å². The van der Waals surface area contributed by atoms with Crippen LogP contribution in [0.25, 0.3) is 5.69 Å². The average Bonchev–Trinajstić information content (AvgIpc) is 3.27. The number of aromatic nitrogens is 3. The van der Waals surface area contributed by atoms with Gasteiger partial charge in [-0.3, -0.25) is 14.2 Å². The Morgan fingerprint density at radius 3 is 2.53 bits per heavy atom. The summed E-state index contributed by atoms with van der Waals surface area (Å²) in [6.45, 7) is 1.96. The van der Waals surface area contributed by atoms with E-state index in [-0.39, 0.29) is 17.6 Å². The van der Waals surface area contributed by atoms with E-state index in [2.05, 4.69) is 20.8 Å². The van der Waals surface area contributed by atoms with Gasteiger partial charge in [0.15, 0.2) is 5.16 Å². The zero-order valence-electron chi connectivity index (χ0n) is 17.4. The molecule has 4 aromatic rings. The minimum absolute atomic E-state index is 0.124. The molecule has 1 aromatic heterocycles. The normalized spacial score (nSPS) is 10.5. The summed E-state index contributed by atoms with van der Waals surface area (Å²) in [6, 6.07) is 24.1. The highest BCUT2D eigenvalue weighted by Crippen LogP contribution is 2.21. The summed E-state index contributed by atoms with van der Waals surface area (Å²) < 4.78 is 1.82. The maximum atomic E-state index is 12.8. The van der Waals surface area contributed by atoms with Gasteiger partial charge in [-0.2, -0.15) is 0 Å². The Labute approximate surface area is 189 Å². The van der Waals surface area contributed by atoms with E-state index in [9.17, 15) is 9.59 Å². The number of nitrogens with zero attached hydrogens (tertiary/aromatic N) is 3. The van der Waals surface area contributed by atoms with Gasteiger partial charge < -0.3 is 10.6 Å². The number of carbonyl (C=O) groups excluding carboxylic acids is 2. The highest BCUT2D eigenvalue weighted by Gasteiger charge is 2.15. The predicted octanol–water partition coefficient (Wildman–Crippen LogP) is 4.56. The fraction of sp³-hybridized carbons (Fsp3) is 0.0833. The lowest BCUT2D eigenvalue weighted by molar-refractivity contribution is -0.113. The summed E-state index contributed by atoms with van der Waals surface area (Å²) in [5, 5.41) is 14.4. The van der Waals surface area contributed by atoms with Crippen LogP contribution in [0.1, 0.15) is 15.9 Å². The van der Waals surface area contributed by atoms with Gasteiger partial charge in [0.2, 0.25) is 5.91 Å². The van der Waals surface area contributed by atoms with Crippen LogP contribution in [-0.2, 0) is 4.79 Å². The third-order valence-corrected chi connectivity index (χ3v) is 5.55. The quantitative estimate of drug-likeness (QED) is 0.409. The van der Waals surface area contributed by atoms with Crippen LogP contribution in [0, 0.1) is 6.92 Å². The third kappa shape index (κ3) is 5.22. The maximum Gasteiger partial charge on any atom is 0.257 e. The molecule has 0 unspecified atom stereocenters. The predicted molar refractivity (Wildman–Crippen MR) is 126 cm³/mol. The molecule has 0 fully saturated rings. The van der Waals surface area contributed by atoms with Crippen LogP contribution in [0.3, 0.4) is 0 Å². The second-order valence-electron chi connectivity index (χ2n) is 7.03. The Balaban J connectivity index is 1.41. The lowest BCUT2D eigenvalue weighted by Crippen LogP contribution is -2.19. The topological polar surface area (TPSA) is 88.9 Å². The monoisotopic (exact) mass is 443 g/mol. The van der Waals surface area contributed by atoms with Crippen LogP contribution >= 0.6 is 11.8 Å². The summed E-state index contributed by atoms with van der Waals surface area (Å²) in [4.78, 5) is 25.4. The number of hydrogen-bond acceptors (Lipinski definition) is 5. The van der Waals surface area contributed by atoms with Crippen molar-refractivity contribution in [1.82, 2.24) is 14.8 Å². The maximum absolute atomic E-state index is 12.8. The highest BCUT2D eigenvalue weighted by molar-refractivity contribution is 7.99. The van der Waals surface area contributed by atoms with E-state index in [1.807, 2.05) is 66.1 Å². The van der Waals surface area contributed by atoms with Gasteiger partial charge >= 0.3 is 0 Å². The molecule has 0 bridgehead atoms. The zero-order chi connectivity index (χ0) is 22.3. The molecule has 4 rings (SSSR count). The number of thioether (sulfide) groups is 1. The first-order valence-electron chi connectivity index (χ1n) is 9.95. The number of rotatable bonds is 7. The molecular formula is C24H21N5O2S. The summed E-state index contributed by atoms with van der Waals surface area (Å²) >= 11 is 1.27. The molecule has 0 aliphatic rings. The van der Waals surface area contributed by atoms with Crippen LogP contribution in [0.15, 0.2) is 90.3 Å². The standard InChI is InChI=1S/C24H21N5O2S/c1-17-8-7-9-18(14-17)26-23(31)20-12-5-6-13-21(20)27-22(30)15-32-24-28-25-16-29(24)19-10-3-2-4-11-19/h2-14,16H,15H2,1H3,(H,26,31)(H,27,30). The molecule has 2 amide bonds. The summed E-state index contributed by atoms with van der Waals surface area (Å²) in [7, 11) is 0. The number of nitrogens with one attached hydrogen (secondary N) is 2. The van der Waals surface area contributed by atoms with Gasteiger partial charge in [0.25, 0.3) is 5.91 Å². The number of anilines is 2. The van der Waals surface area contributed by atoms with Gasteiger partial charge in [-0.25, -0.2) is 0 Å². The van der Waals surface area contributed by atoms with Crippen molar-refractivity contribution in [3.8, 4) is 5.69 Å². The molecule has 160 valence electrons. The molecule has 0 atom stereocenters. The van der Waals surface area contributed by atoms with Crippen molar-refractivity contribution in [3.05, 3.63) is 96.3 Å². The van der Waals surface area contributed by atoms with E-state index in [1.165, 1.54) is 11.8 Å². The van der Waals surface area contributed by atoms with Crippen LogP contribution in [-0.4, -0.2) is 32.3 Å². The molecule has 8 heteroatoms. The average molecular weight is 444 g/mol. The fourth-order valence-electron chi connectivity index (χ4n) is 3.12. The van der Waals surface area contributed by atoms with Crippen molar-refractivity contribution in [3.63, 3.8) is 0 Å². The number of hydrogen-bond donors (Lipinski definition) is 2. The Hall–Kier alpha value is -3.91. The van der Waals surface area contributed by atoms with Gasteiger partial charge in [0, 0.05) is 11.4 Å². The molecule has 0 aliphatic carbocycles. The second kappa shape index (κ2) is 9.93. The van der Waals surface area contributed by atoms with Crippen LogP contribution in [0.2, 0.25) is 0 Å². The Morgan fingerprint density at radius 2 is 1.72 bits per heavy atom. The highest BCUT2D eigenvalue weighted by atomic mass is 32.2. The van der Waals surface area contributed by atoms with Crippen molar-refractivity contribution in [2.24, 2.45) is 0 Å². The molecule has 3 aromatic carbocycles. The second-order valence-corrected chi connectivity index (χ2v) is 7.97. The number of amides is 2. The van der Waals surface area contributed by atoms with E-state index in [4.69, 9.17) is 0 Å². The van der Waals surface area contributed by atoms with Crippen molar-refractivity contribution >= 4 is 35.0 Å². The lowest BCUT2D eigenvalue weighted by atomic mass is 10.1. The summed E-state index contributed by atoms with van der Waals surface area (Å²) in [5.41, 5.74) is 3.50. The molecule has 2 N–H and O–H groups in total. The molecule has 32 heavy (non-hydrogen) atoms. The van der Waals surface area contributed by atoms with Gasteiger partial charge in [-0.1, -0.05) is 54.2 Å². The van der Waals surface area contributed by atoms with Crippen LogP contribution in [0.5, 0.6) is 0 Å². The number of benzene rings is 3. The molecule has 0 saturated carbocycles. The molecule has 7 nitrogen and oxygen atoms in total. The Morgan fingerprint density at radius 1 is 0.938 bits per heavy atom. The van der Waals surface area contributed by atoms with E-state index in [0.717, 1.165) is 11.3 Å². The molecule has 1 heterocycles. The van der Waals surface area contributed by atoms with Crippen molar-refractivity contribution < 1.29 is 9.59 Å². The van der Waals surface area contributed by atoms with Crippen molar-refractivity contribution in [1.29, 1.82) is 0 Å². The number of aryl methyl sites for hydroxylation is 1. The Kier molecular flexibility index (Phi) is 6.62. The van der Waals surface area contributed by atoms with Crippen LogP contribution in [0.4, 0.5) is 11.4 Å².